The van der Waals surface area contributed by atoms with Gasteiger partial charge in [-0.2, -0.15) is 0 Å². The molecule has 1 aromatic heterocycles. The second kappa shape index (κ2) is 7.32. The predicted molar refractivity (Wildman–Crippen MR) is 121 cm³/mol. The lowest BCUT2D eigenvalue weighted by atomic mass is 10.1. The van der Waals surface area contributed by atoms with E-state index in [0.29, 0.717) is 9.79 Å². The fourth-order valence-corrected chi connectivity index (χ4v) is 5.09. The minimum absolute atomic E-state index is 0.297. The van der Waals surface area contributed by atoms with E-state index in [9.17, 15) is 8.42 Å². The Kier molecular flexibility index (Phi) is 4.49. The molecule has 4 aromatic carbocycles. The molecule has 0 aliphatic carbocycles. The Hall–Kier alpha value is -3.63. The molecule has 0 saturated carbocycles. The highest BCUT2D eigenvalue weighted by Crippen LogP contribution is 2.33. The maximum absolute atomic E-state index is 13.1. The first-order chi connectivity index (χ1) is 14.6. The highest BCUT2D eigenvalue weighted by Gasteiger charge is 2.20. The molecule has 4 heteroatoms. The molecule has 0 aliphatic heterocycles. The molecule has 30 heavy (non-hydrogen) atoms. The molecule has 0 saturated heterocycles. The number of nitrogens with zero attached hydrogens (tertiary/aromatic N) is 1. The van der Waals surface area contributed by atoms with Crippen molar-refractivity contribution in [3.05, 3.63) is 115 Å². The first-order valence-electron chi connectivity index (χ1n) is 9.71. The lowest BCUT2D eigenvalue weighted by molar-refractivity contribution is 0.596. The highest BCUT2D eigenvalue weighted by atomic mass is 32.2. The van der Waals surface area contributed by atoms with Gasteiger partial charge in [-0.15, -0.1) is 0 Å². The van der Waals surface area contributed by atoms with Gasteiger partial charge in [0.15, 0.2) is 0 Å². The van der Waals surface area contributed by atoms with E-state index in [2.05, 4.69) is 34.9 Å². The summed E-state index contributed by atoms with van der Waals surface area (Å²) < 4.78 is 28.4. The number of hydrogen-bond donors (Lipinski definition) is 0. The van der Waals surface area contributed by atoms with Crippen molar-refractivity contribution in [2.24, 2.45) is 0 Å². The van der Waals surface area contributed by atoms with Crippen molar-refractivity contribution >= 4 is 20.7 Å². The van der Waals surface area contributed by atoms with Crippen molar-refractivity contribution < 1.29 is 8.42 Å². The van der Waals surface area contributed by atoms with Crippen LogP contribution in [0.15, 0.2) is 125 Å². The highest BCUT2D eigenvalue weighted by molar-refractivity contribution is 7.91. The van der Waals surface area contributed by atoms with Crippen molar-refractivity contribution in [1.82, 2.24) is 4.57 Å². The second-order valence-electron chi connectivity index (χ2n) is 7.10. The zero-order chi connectivity index (χ0) is 20.6. The van der Waals surface area contributed by atoms with Gasteiger partial charge in [0.25, 0.3) is 0 Å². The molecule has 3 nitrogen and oxygen atoms in total. The summed E-state index contributed by atoms with van der Waals surface area (Å²) in [6, 6.07) is 36.2. The lowest BCUT2D eigenvalue weighted by Crippen LogP contribution is -2.02. The lowest BCUT2D eigenvalue weighted by Gasteiger charge is -2.11. The van der Waals surface area contributed by atoms with Gasteiger partial charge in [-0.3, -0.25) is 0 Å². The van der Waals surface area contributed by atoms with Crippen LogP contribution in [-0.2, 0) is 9.84 Å². The van der Waals surface area contributed by atoms with Crippen LogP contribution in [0.2, 0.25) is 0 Å². The van der Waals surface area contributed by atoms with Gasteiger partial charge >= 0.3 is 0 Å². The Bertz CT molecular complexity index is 1420. The maximum atomic E-state index is 13.1. The van der Waals surface area contributed by atoms with E-state index >= 15 is 0 Å². The summed E-state index contributed by atoms with van der Waals surface area (Å²) in [7, 11) is -3.57. The van der Waals surface area contributed by atoms with Gasteiger partial charge in [-0.1, -0.05) is 66.7 Å². The number of rotatable bonds is 4. The van der Waals surface area contributed by atoms with E-state index in [1.807, 2.05) is 48.5 Å². The third-order valence-corrected chi connectivity index (χ3v) is 6.99. The molecule has 146 valence electrons. The van der Waals surface area contributed by atoms with Crippen molar-refractivity contribution in [3.8, 4) is 16.9 Å². The number of aromatic nitrogens is 1. The molecule has 1 heterocycles. The maximum Gasteiger partial charge on any atom is 0.206 e. The summed E-state index contributed by atoms with van der Waals surface area (Å²) in [5.74, 6) is 0. The average molecular weight is 410 g/mol. The predicted octanol–water partition coefficient (Wildman–Crippen LogP) is 6.13. The molecule has 0 spiro atoms. The SMILES string of the molecule is O=S(=O)(c1ccccc1)c1ccc2c(c1)cc(-c1ccccc1)n2-c1ccccc1. The van der Waals surface area contributed by atoms with Crippen LogP contribution in [0.4, 0.5) is 0 Å². The van der Waals surface area contributed by atoms with Crippen molar-refractivity contribution in [1.29, 1.82) is 0 Å². The standard InChI is InChI=1S/C26H19NO2S/c28-30(29,23-14-8-3-9-15-23)24-16-17-25-21(18-24)19-26(20-10-4-1-5-11-20)27(25)22-12-6-2-7-13-22/h1-19H. The first-order valence-corrected chi connectivity index (χ1v) is 11.2. The third-order valence-electron chi connectivity index (χ3n) is 5.22. The van der Waals surface area contributed by atoms with Crippen LogP contribution in [0.5, 0.6) is 0 Å². The van der Waals surface area contributed by atoms with E-state index in [4.69, 9.17) is 0 Å². The van der Waals surface area contributed by atoms with Crippen LogP contribution in [0, 0.1) is 0 Å². The van der Waals surface area contributed by atoms with Gasteiger partial charge in [0.1, 0.15) is 0 Å². The Morgan fingerprint density at radius 3 is 1.83 bits per heavy atom. The van der Waals surface area contributed by atoms with Gasteiger partial charge in [-0.05, 0) is 54.1 Å². The van der Waals surface area contributed by atoms with Crippen LogP contribution < -0.4 is 0 Å². The molecule has 0 atom stereocenters. The number of hydrogen-bond acceptors (Lipinski definition) is 2. The van der Waals surface area contributed by atoms with E-state index < -0.39 is 9.84 Å². The molecule has 0 bridgehead atoms. The molecule has 0 radical (unpaired) electrons. The van der Waals surface area contributed by atoms with E-state index in [1.165, 1.54) is 0 Å². The molecule has 5 aromatic rings. The molecule has 5 rings (SSSR count). The van der Waals surface area contributed by atoms with Crippen molar-refractivity contribution in [2.45, 2.75) is 9.79 Å². The number of sulfone groups is 1. The molecule has 0 unspecified atom stereocenters. The second-order valence-corrected chi connectivity index (χ2v) is 9.05. The van der Waals surface area contributed by atoms with Crippen LogP contribution in [0.1, 0.15) is 0 Å². The summed E-state index contributed by atoms with van der Waals surface area (Å²) in [5, 5.41) is 0.884. The fraction of sp³-hybridized carbons (Fsp3) is 0. The summed E-state index contributed by atoms with van der Waals surface area (Å²) in [6.45, 7) is 0. The van der Waals surface area contributed by atoms with Crippen molar-refractivity contribution in [3.63, 3.8) is 0 Å². The Labute approximate surface area is 175 Å². The molecule has 0 fully saturated rings. The zero-order valence-electron chi connectivity index (χ0n) is 16.1. The average Bonchev–Trinajstić information content (AvgIpc) is 3.20. The monoisotopic (exact) mass is 409 g/mol. The van der Waals surface area contributed by atoms with Crippen LogP contribution in [0.25, 0.3) is 27.8 Å². The van der Waals surface area contributed by atoms with Gasteiger partial charge in [-0.25, -0.2) is 8.42 Å². The minimum atomic E-state index is -3.57. The number of para-hydroxylation sites is 1. The normalized spacial score (nSPS) is 11.6. The Morgan fingerprint density at radius 1 is 0.567 bits per heavy atom. The quantitative estimate of drug-likeness (QED) is 0.358. The van der Waals surface area contributed by atoms with E-state index in [1.54, 1.807) is 36.4 Å². The van der Waals surface area contributed by atoms with Crippen LogP contribution in [-0.4, -0.2) is 13.0 Å². The molecule has 0 N–H and O–H groups in total. The topological polar surface area (TPSA) is 39.1 Å². The smallest absolute Gasteiger partial charge is 0.206 e. The third kappa shape index (κ3) is 3.11. The number of benzene rings is 4. The van der Waals surface area contributed by atoms with Crippen LogP contribution >= 0.6 is 0 Å². The molecular formula is C26H19NO2S. The van der Waals surface area contributed by atoms with E-state index in [0.717, 1.165) is 27.8 Å². The summed E-state index contributed by atoms with van der Waals surface area (Å²) in [4.78, 5) is 0.598. The Balaban J connectivity index is 1.75. The fourth-order valence-electron chi connectivity index (χ4n) is 3.77. The minimum Gasteiger partial charge on any atom is -0.309 e. The summed E-state index contributed by atoms with van der Waals surface area (Å²) in [6.07, 6.45) is 0. The first kappa shape index (κ1) is 18.4. The van der Waals surface area contributed by atoms with Crippen molar-refractivity contribution in [2.75, 3.05) is 0 Å². The van der Waals surface area contributed by atoms with Gasteiger partial charge < -0.3 is 4.57 Å². The molecule has 0 amide bonds. The number of fused-ring (bicyclic) bond motifs is 1. The summed E-state index contributed by atoms with van der Waals surface area (Å²) in [5.41, 5.74) is 4.09. The van der Waals surface area contributed by atoms with Gasteiger partial charge in [0, 0.05) is 11.1 Å². The van der Waals surface area contributed by atoms with Gasteiger partial charge in [0.05, 0.1) is 21.0 Å². The largest absolute Gasteiger partial charge is 0.309 e. The Morgan fingerprint density at radius 2 is 1.17 bits per heavy atom. The van der Waals surface area contributed by atoms with Crippen LogP contribution in [0.3, 0.4) is 0 Å². The summed E-state index contributed by atoms with van der Waals surface area (Å²) >= 11 is 0. The van der Waals surface area contributed by atoms with E-state index in [-0.39, 0.29) is 0 Å². The molecular weight excluding hydrogens is 390 g/mol. The molecule has 0 aliphatic rings. The zero-order valence-corrected chi connectivity index (χ0v) is 17.0. The van der Waals surface area contributed by atoms with Gasteiger partial charge in [0.2, 0.25) is 9.84 Å².